The van der Waals surface area contributed by atoms with Gasteiger partial charge < -0.3 is 24.5 Å². The fourth-order valence-corrected chi connectivity index (χ4v) is 4.55. The molecule has 8 nitrogen and oxygen atoms in total. The maximum absolute atomic E-state index is 13.2. The molecule has 1 amide bonds. The molecule has 0 bridgehead atoms. The van der Waals surface area contributed by atoms with E-state index in [1.807, 2.05) is 66.7 Å². The second-order valence-corrected chi connectivity index (χ2v) is 9.22. The van der Waals surface area contributed by atoms with Crippen molar-refractivity contribution in [2.75, 3.05) is 21.3 Å². The van der Waals surface area contributed by atoms with Gasteiger partial charge in [0.25, 0.3) is 5.91 Å². The molecule has 0 unspecified atom stereocenters. The molecule has 1 aromatic heterocycles. The smallest absolute Gasteiger partial charge is 0.251 e. The van der Waals surface area contributed by atoms with Crippen molar-refractivity contribution >= 4 is 39.4 Å². The number of carbonyl (C=O) groups is 1. The predicted molar refractivity (Wildman–Crippen MR) is 157 cm³/mol. The maximum atomic E-state index is 13.2. The lowest BCUT2D eigenvalue weighted by atomic mass is 10.1. The summed E-state index contributed by atoms with van der Waals surface area (Å²) >= 11 is 6.44. The minimum atomic E-state index is -0.351. The van der Waals surface area contributed by atoms with Gasteiger partial charge in [-0.1, -0.05) is 54.1 Å². The Labute approximate surface area is 236 Å². The van der Waals surface area contributed by atoms with Gasteiger partial charge in [0.2, 0.25) is 5.75 Å². The van der Waals surface area contributed by atoms with Crippen LogP contribution in [0.5, 0.6) is 17.2 Å². The molecule has 5 aromatic rings. The third-order valence-corrected chi connectivity index (χ3v) is 6.52. The Morgan fingerprint density at radius 1 is 0.825 bits per heavy atom. The molecule has 1 heterocycles. The third-order valence-electron chi connectivity index (χ3n) is 6.29. The van der Waals surface area contributed by atoms with Crippen LogP contribution < -0.4 is 19.5 Å². The van der Waals surface area contributed by atoms with Crippen LogP contribution in [0.4, 0.5) is 0 Å². The first-order chi connectivity index (χ1) is 19.5. The second kappa shape index (κ2) is 11.9. The molecule has 0 aliphatic carbocycles. The van der Waals surface area contributed by atoms with Gasteiger partial charge in [-0.2, -0.15) is 0 Å². The van der Waals surface area contributed by atoms with E-state index < -0.39 is 0 Å². The van der Waals surface area contributed by atoms with Gasteiger partial charge in [0.05, 0.1) is 50.1 Å². The van der Waals surface area contributed by atoms with Gasteiger partial charge >= 0.3 is 0 Å². The average Bonchev–Trinajstić information content (AvgIpc) is 3.05. The zero-order valence-corrected chi connectivity index (χ0v) is 23.0. The molecule has 0 saturated carbocycles. The van der Waals surface area contributed by atoms with Crippen molar-refractivity contribution in [1.29, 1.82) is 0 Å². The number of H-pyrrole nitrogens is 1. The molecule has 40 heavy (non-hydrogen) atoms. The lowest BCUT2D eigenvalue weighted by molar-refractivity contribution is 0.0949. The number of hydrogen-bond donors (Lipinski definition) is 2. The number of rotatable bonds is 7. The molecule has 4 aromatic carbocycles. The number of aromatic nitrogens is 3. The molecule has 0 fully saturated rings. The monoisotopic (exact) mass is 554 g/mol. The van der Waals surface area contributed by atoms with Crippen molar-refractivity contribution < 1.29 is 19.0 Å². The molecule has 0 radical (unpaired) electrons. The van der Waals surface area contributed by atoms with Crippen LogP contribution in [0.25, 0.3) is 33.2 Å². The fraction of sp³-hybridized carbons (Fsp3) is 0.129. The Balaban J connectivity index is 1.63. The molecule has 9 heteroatoms. The molecular weight excluding hydrogens is 528 g/mol. The van der Waals surface area contributed by atoms with E-state index in [0.717, 1.165) is 22.2 Å². The van der Waals surface area contributed by atoms with Crippen molar-refractivity contribution in [3.63, 3.8) is 0 Å². The number of para-hydroxylation sites is 2. The van der Waals surface area contributed by atoms with Gasteiger partial charge in [0, 0.05) is 16.0 Å². The Morgan fingerprint density at radius 2 is 1.50 bits per heavy atom. The Kier molecular flexibility index (Phi) is 7.98. The topological polar surface area (TPSA) is 98.4 Å². The number of fused-ring (bicyclic) bond motifs is 2. The van der Waals surface area contributed by atoms with Crippen molar-refractivity contribution in [3.8, 4) is 28.5 Å². The number of carbonyl (C=O) groups excluding carboxylic acids is 1. The third kappa shape index (κ3) is 5.62. The van der Waals surface area contributed by atoms with Crippen LogP contribution in [0.1, 0.15) is 16.2 Å². The van der Waals surface area contributed by atoms with Gasteiger partial charge in [-0.05, 0) is 48.0 Å². The highest BCUT2D eigenvalue weighted by atomic mass is 35.5. The van der Waals surface area contributed by atoms with E-state index in [1.54, 1.807) is 18.2 Å². The number of amides is 1. The number of nitrogens with zero attached hydrogens (tertiary/aromatic N) is 2. The molecule has 2 N–H and O–H groups in total. The normalized spacial score (nSPS) is 10.7. The highest BCUT2D eigenvalue weighted by molar-refractivity contribution is 6.31. The van der Waals surface area contributed by atoms with Crippen molar-refractivity contribution in [1.82, 2.24) is 20.3 Å². The molecule has 0 aliphatic heterocycles. The molecule has 0 saturated heterocycles. The minimum absolute atomic E-state index is 0.0621. The Bertz CT molecular complexity index is 1730. The zero-order valence-electron chi connectivity index (χ0n) is 22.2. The summed E-state index contributed by atoms with van der Waals surface area (Å²) in [5.74, 6) is 1.23. The quantitative estimate of drug-likeness (QED) is 0.238. The summed E-state index contributed by atoms with van der Waals surface area (Å²) in [6.07, 6.45) is 0. The highest BCUT2D eigenvalue weighted by Crippen LogP contribution is 2.38. The molecule has 0 spiro atoms. The summed E-state index contributed by atoms with van der Waals surface area (Å²) < 4.78 is 16.2. The van der Waals surface area contributed by atoms with Gasteiger partial charge in [0.1, 0.15) is 5.82 Å². The number of halogens is 1. The molecular formula is C31H27ClN4O4. The van der Waals surface area contributed by atoms with Crippen molar-refractivity contribution in [2.45, 2.75) is 6.54 Å². The van der Waals surface area contributed by atoms with Crippen LogP contribution in [0, 0.1) is 0 Å². The number of nitrogens with one attached hydrogen (secondary N) is 2. The summed E-state index contributed by atoms with van der Waals surface area (Å²) in [4.78, 5) is 26.5. The van der Waals surface area contributed by atoms with E-state index >= 15 is 0 Å². The number of methoxy groups -OCH3 is 3. The Hall–Kier alpha value is -4.82. The SMILES string of the molecule is COc1cc(C(=O)NCc2nc3ccccc3[nH]c(-c3ccccc3)c3cc(Cl)ccc3n2)cc(OC)c1OC. The van der Waals surface area contributed by atoms with E-state index in [1.165, 1.54) is 21.3 Å². The lowest BCUT2D eigenvalue weighted by Crippen LogP contribution is -2.24. The highest BCUT2D eigenvalue weighted by Gasteiger charge is 2.17. The fourth-order valence-electron chi connectivity index (χ4n) is 4.37. The van der Waals surface area contributed by atoms with Crippen LogP contribution in [0.2, 0.25) is 5.02 Å². The Morgan fingerprint density at radius 3 is 2.20 bits per heavy atom. The van der Waals surface area contributed by atoms with E-state index in [2.05, 4.69) is 10.3 Å². The summed E-state index contributed by atoms with van der Waals surface area (Å²) in [5.41, 5.74) is 4.27. The first-order valence-corrected chi connectivity index (χ1v) is 12.8. The average molecular weight is 555 g/mol. The summed E-state index contributed by atoms with van der Waals surface area (Å²) in [7, 11) is 4.51. The van der Waals surface area contributed by atoms with Gasteiger partial charge in [-0.25, -0.2) is 9.97 Å². The van der Waals surface area contributed by atoms with E-state index in [-0.39, 0.29) is 12.5 Å². The number of benzene rings is 4. The maximum Gasteiger partial charge on any atom is 0.251 e. The minimum Gasteiger partial charge on any atom is -0.493 e. The van der Waals surface area contributed by atoms with Gasteiger partial charge in [-0.3, -0.25) is 4.79 Å². The van der Waals surface area contributed by atoms with Crippen LogP contribution >= 0.6 is 11.6 Å². The summed E-state index contributed by atoms with van der Waals surface area (Å²) in [6.45, 7) is 0.0621. The van der Waals surface area contributed by atoms with E-state index in [9.17, 15) is 4.79 Å². The van der Waals surface area contributed by atoms with Gasteiger partial charge in [-0.15, -0.1) is 0 Å². The number of aromatic amines is 1. The standard InChI is InChI=1S/C31H27ClN4O4/c1-38-26-15-20(16-27(39-2)30(26)40-3)31(37)33-18-28-34-23-14-13-21(32)17-22(23)29(19-9-5-4-6-10-19)36-25-12-8-7-11-24(25)35-28/h4-17,36H,18H2,1-3H3,(H,33,37). The van der Waals surface area contributed by atoms with Crippen LogP contribution in [-0.2, 0) is 6.54 Å². The first kappa shape index (κ1) is 26.8. The van der Waals surface area contributed by atoms with Crippen LogP contribution in [0.15, 0.2) is 84.9 Å². The van der Waals surface area contributed by atoms with Crippen LogP contribution in [0.3, 0.4) is 0 Å². The number of hydrogen-bond acceptors (Lipinski definition) is 6. The molecule has 202 valence electrons. The van der Waals surface area contributed by atoms with Gasteiger partial charge in [0.15, 0.2) is 11.5 Å². The molecule has 0 aliphatic rings. The molecule has 5 rings (SSSR count). The number of ether oxygens (including phenoxy) is 3. The van der Waals surface area contributed by atoms with E-state index in [4.69, 9.17) is 35.8 Å². The van der Waals surface area contributed by atoms with Crippen molar-refractivity contribution in [3.05, 3.63) is 101 Å². The summed E-state index contributed by atoms with van der Waals surface area (Å²) in [5, 5.41) is 4.30. The predicted octanol–water partition coefficient (Wildman–Crippen LogP) is 6.51. The second-order valence-electron chi connectivity index (χ2n) is 8.78. The molecule has 0 atom stereocenters. The summed E-state index contributed by atoms with van der Waals surface area (Å²) in [6, 6.07) is 26.3. The first-order valence-electron chi connectivity index (χ1n) is 12.5. The van der Waals surface area contributed by atoms with Crippen LogP contribution in [-0.4, -0.2) is 42.2 Å². The zero-order chi connectivity index (χ0) is 28.1. The largest absolute Gasteiger partial charge is 0.493 e. The van der Waals surface area contributed by atoms with E-state index in [0.29, 0.717) is 44.7 Å². The lowest BCUT2D eigenvalue weighted by Gasteiger charge is -2.14. The van der Waals surface area contributed by atoms with Crippen molar-refractivity contribution in [2.24, 2.45) is 0 Å².